The van der Waals surface area contributed by atoms with E-state index in [2.05, 4.69) is 82.7 Å². The number of nitrogens with zero attached hydrogens (tertiary/aromatic N) is 1. The lowest BCUT2D eigenvalue weighted by molar-refractivity contribution is 0.234. The highest BCUT2D eigenvalue weighted by atomic mass is 28.4. The highest BCUT2D eigenvalue weighted by molar-refractivity contribution is 6.74. The van der Waals surface area contributed by atoms with Crippen LogP contribution in [0.25, 0.3) is 10.9 Å². The van der Waals surface area contributed by atoms with Crippen molar-refractivity contribution >= 4 is 19.2 Å². The molecule has 0 atom stereocenters. The van der Waals surface area contributed by atoms with Crippen LogP contribution in [0.4, 0.5) is 0 Å². The molecule has 1 aromatic heterocycles. The first-order valence-corrected chi connectivity index (χ1v) is 11.9. The van der Waals surface area contributed by atoms with Crippen LogP contribution in [-0.2, 0) is 4.43 Å². The largest absolute Gasteiger partial charge is 0.493 e. The number of benzene rings is 1. The molecule has 0 unspecified atom stereocenters. The summed E-state index contributed by atoms with van der Waals surface area (Å²) < 4.78 is 14.4. The van der Waals surface area contributed by atoms with Gasteiger partial charge in [-0.05, 0) is 56.2 Å². The molecule has 134 valence electrons. The van der Waals surface area contributed by atoms with E-state index < -0.39 is 8.32 Å². The molecule has 2 rings (SSSR count). The lowest BCUT2D eigenvalue weighted by Crippen LogP contribution is -2.41. The molecule has 0 amide bonds. The second kappa shape index (κ2) is 7.32. The quantitative estimate of drug-likeness (QED) is 0.452. The fraction of sp³-hybridized carbons (Fsp3) is 0.600. The summed E-state index contributed by atoms with van der Waals surface area (Å²) in [7, 11) is -1.64. The average Bonchev–Trinajstić information content (AvgIpc) is 2.88. The van der Waals surface area contributed by atoms with Gasteiger partial charge in [-0.1, -0.05) is 20.8 Å². The molecule has 0 spiro atoms. The molecule has 1 heterocycles. The topological polar surface area (TPSA) is 23.4 Å². The fourth-order valence-electron chi connectivity index (χ4n) is 2.48. The van der Waals surface area contributed by atoms with E-state index in [0.29, 0.717) is 12.6 Å². The summed E-state index contributed by atoms with van der Waals surface area (Å²) in [6, 6.07) is 8.97. The Labute approximate surface area is 148 Å². The van der Waals surface area contributed by atoms with Gasteiger partial charge >= 0.3 is 0 Å². The third-order valence-electron chi connectivity index (χ3n) is 5.07. The van der Waals surface area contributed by atoms with Crippen molar-refractivity contribution in [2.45, 2.75) is 65.2 Å². The first-order chi connectivity index (χ1) is 11.1. The Morgan fingerprint density at radius 3 is 2.42 bits per heavy atom. The van der Waals surface area contributed by atoms with Gasteiger partial charge in [-0.3, -0.25) is 0 Å². The van der Waals surface area contributed by atoms with Crippen molar-refractivity contribution in [1.29, 1.82) is 0 Å². The predicted molar refractivity (Wildman–Crippen MR) is 106 cm³/mol. The summed E-state index contributed by atoms with van der Waals surface area (Å²) in [6.45, 7) is 17.3. The molecule has 1 aromatic carbocycles. The number of hydrogen-bond donors (Lipinski definition) is 0. The van der Waals surface area contributed by atoms with Crippen molar-refractivity contribution in [1.82, 2.24) is 4.57 Å². The van der Waals surface area contributed by atoms with Crippen LogP contribution in [0, 0.1) is 0 Å². The van der Waals surface area contributed by atoms with Gasteiger partial charge in [-0.15, -0.1) is 0 Å². The van der Waals surface area contributed by atoms with Crippen molar-refractivity contribution < 1.29 is 9.16 Å². The van der Waals surface area contributed by atoms with Crippen LogP contribution in [-0.4, -0.2) is 26.1 Å². The Hall–Kier alpha value is -1.26. The zero-order valence-corrected chi connectivity index (χ0v) is 17.3. The van der Waals surface area contributed by atoms with Gasteiger partial charge in [-0.25, -0.2) is 0 Å². The monoisotopic (exact) mass is 347 g/mol. The van der Waals surface area contributed by atoms with E-state index in [9.17, 15) is 0 Å². The van der Waals surface area contributed by atoms with Gasteiger partial charge in [0, 0.05) is 36.2 Å². The van der Waals surface area contributed by atoms with E-state index in [1.165, 1.54) is 10.9 Å². The highest BCUT2D eigenvalue weighted by Gasteiger charge is 2.36. The molecular formula is C20H33NO2Si. The second-order valence-corrected chi connectivity index (χ2v) is 13.2. The van der Waals surface area contributed by atoms with E-state index in [4.69, 9.17) is 9.16 Å². The Balaban J connectivity index is 1.84. The number of fused-ring (bicyclic) bond motifs is 1. The number of ether oxygens (including phenoxy) is 1. The van der Waals surface area contributed by atoms with Crippen LogP contribution in [0.5, 0.6) is 5.75 Å². The van der Waals surface area contributed by atoms with Gasteiger partial charge in [0.15, 0.2) is 8.32 Å². The van der Waals surface area contributed by atoms with Crippen LogP contribution >= 0.6 is 0 Å². The molecular weight excluding hydrogens is 314 g/mol. The summed E-state index contributed by atoms with van der Waals surface area (Å²) >= 11 is 0. The Bertz CT molecular complexity index is 668. The van der Waals surface area contributed by atoms with Gasteiger partial charge in [0.2, 0.25) is 0 Å². The summed E-state index contributed by atoms with van der Waals surface area (Å²) in [6.07, 6.45) is 3.07. The van der Waals surface area contributed by atoms with E-state index >= 15 is 0 Å². The molecule has 0 fully saturated rings. The Morgan fingerprint density at radius 2 is 1.79 bits per heavy atom. The van der Waals surface area contributed by atoms with E-state index in [-0.39, 0.29) is 5.04 Å². The SMILES string of the molecule is CC(C)n1ccc2cc(OCCCO[Si](C)(C)C(C)(C)C)ccc21. The number of rotatable bonds is 7. The summed E-state index contributed by atoms with van der Waals surface area (Å²) in [5, 5.41) is 1.50. The maximum Gasteiger partial charge on any atom is 0.191 e. The maximum atomic E-state index is 6.19. The van der Waals surface area contributed by atoms with Crippen LogP contribution in [0.3, 0.4) is 0 Å². The minimum Gasteiger partial charge on any atom is -0.493 e. The van der Waals surface area contributed by atoms with Crippen molar-refractivity contribution in [3.63, 3.8) is 0 Å². The molecule has 0 N–H and O–H groups in total. The maximum absolute atomic E-state index is 6.19. The van der Waals surface area contributed by atoms with E-state index in [0.717, 1.165) is 18.8 Å². The Morgan fingerprint density at radius 1 is 1.08 bits per heavy atom. The first kappa shape index (κ1) is 19.1. The highest BCUT2D eigenvalue weighted by Crippen LogP contribution is 2.36. The number of hydrogen-bond acceptors (Lipinski definition) is 2. The van der Waals surface area contributed by atoms with Gasteiger partial charge in [0.05, 0.1) is 6.61 Å². The van der Waals surface area contributed by atoms with Gasteiger partial charge in [0.1, 0.15) is 5.75 Å². The zero-order valence-electron chi connectivity index (χ0n) is 16.3. The normalized spacial score (nSPS) is 13.0. The van der Waals surface area contributed by atoms with Crippen molar-refractivity contribution in [3.8, 4) is 5.75 Å². The van der Waals surface area contributed by atoms with Crippen LogP contribution in [0.2, 0.25) is 18.1 Å². The van der Waals surface area contributed by atoms with Gasteiger partial charge < -0.3 is 13.7 Å². The smallest absolute Gasteiger partial charge is 0.191 e. The first-order valence-electron chi connectivity index (χ1n) is 8.99. The standard InChI is InChI=1S/C20H33NO2Si/c1-16(2)21-12-11-17-15-18(9-10-19(17)21)22-13-8-14-23-24(6,7)20(3,4)5/h9-12,15-16H,8,13-14H2,1-7H3. The van der Waals surface area contributed by atoms with Gasteiger partial charge in [0.25, 0.3) is 0 Å². The molecule has 0 saturated carbocycles. The molecule has 0 saturated heterocycles. The van der Waals surface area contributed by atoms with Gasteiger partial charge in [-0.2, -0.15) is 0 Å². The molecule has 2 aromatic rings. The zero-order chi connectivity index (χ0) is 18.0. The second-order valence-electron chi connectivity index (χ2n) is 8.35. The van der Waals surface area contributed by atoms with Crippen molar-refractivity contribution in [3.05, 3.63) is 30.5 Å². The average molecular weight is 348 g/mol. The van der Waals surface area contributed by atoms with Crippen molar-refractivity contribution in [2.75, 3.05) is 13.2 Å². The Kier molecular flexibility index (Phi) is 5.81. The minimum atomic E-state index is -1.64. The fourth-order valence-corrected chi connectivity index (χ4v) is 3.56. The molecule has 24 heavy (non-hydrogen) atoms. The third kappa shape index (κ3) is 4.42. The third-order valence-corrected chi connectivity index (χ3v) is 9.61. The van der Waals surface area contributed by atoms with Crippen LogP contribution in [0.1, 0.15) is 47.1 Å². The molecule has 0 bridgehead atoms. The lowest BCUT2D eigenvalue weighted by atomic mass is 10.2. The predicted octanol–water partition coefficient (Wildman–Crippen LogP) is 6.01. The van der Waals surface area contributed by atoms with Crippen LogP contribution < -0.4 is 4.74 Å². The minimum absolute atomic E-state index is 0.266. The van der Waals surface area contributed by atoms with Crippen LogP contribution in [0.15, 0.2) is 30.5 Å². The molecule has 3 nitrogen and oxygen atoms in total. The summed E-state index contributed by atoms with van der Waals surface area (Å²) in [4.78, 5) is 0. The molecule has 0 aliphatic carbocycles. The molecule has 0 aliphatic heterocycles. The summed E-state index contributed by atoms with van der Waals surface area (Å²) in [5.74, 6) is 0.941. The number of aromatic nitrogens is 1. The summed E-state index contributed by atoms with van der Waals surface area (Å²) in [5.41, 5.74) is 1.26. The van der Waals surface area contributed by atoms with E-state index in [1.54, 1.807) is 0 Å². The van der Waals surface area contributed by atoms with Crippen molar-refractivity contribution in [2.24, 2.45) is 0 Å². The molecule has 4 heteroatoms. The molecule has 0 aliphatic rings. The van der Waals surface area contributed by atoms with E-state index in [1.807, 2.05) is 0 Å². The lowest BCUT2D eigenvalue weighted by Gasteiger charge is -2.36. The molecule has 0 radical (unpaired) electrons.